The molecule has 0 unspecified atom stereocenters. The van der Waals surface area contributed by atoms with Crippen LogP contribution in [-0.4, -0.2) is 17.0 Å². The Labute approximate surface area is 114 Å². The highest BCUT2D eigenvalue weighted by Gasteiger charge is 2.23. The second-order valence-corrected chi connectivity index (χ2v) is 5.32. The molecule has 0 atom stereocenters. The maximum Gasteiger partial charge on any atom is 0.335 e. The third kappa shape index (κ3) is 2.90. The average molecular weight is 312 g/mol. The van der Waals surface area contributed by atoms with E-state index in [1.54, 1.807) is 6.07 Å². The second-order valence-electron chi connectivity index (χ2n) is 4.47. The van der Waals surface area contributed by atoms with E-state index in [9.17, 15) is 9.59 Å². The summed E-state index contributed by atoms with van der Waals surface area (Å²) in [4.78, 5) is 22.8. The van der Waals surface area contributed by atoms with Gasteiger partial charge in [0.05, 0.1) is 11.3 Å². The van der Waals surface area contributed by atoms with Crippen LogP contribution < -0.4 is 5.32 Å². The highest BCUT2D eigenvalue weighted by molar-refractivity contribution is 9.10. The number of carboxylic acids is 1. The van der Waals surface area contributed by atoms with Crippen molar-refractivity contribution < 1.29 is 14.7 Å². The number of rotatable bonds is 3. The van der Waals surface area contributed by atoms with Gasteiger partial charge < -0.3 is 10.4 Å². The lowest BCUT2D eigenvalue weighted by Crippen LogP contribution is -2.20. The Hall–Kier alpha value is -1.36. The smallest absolute Gasteiger partial charge is 0.335 e. The van der Waals surface area contributed by atoms with E-state index in [1.807, 2.05) is 0 Å². The molecule has 0 aromatic heterocycles. The highest BCUT2D eigenvalue weighted by Crippen LogP contribution is 2.28. The van der Waals surface area contributed by atoms with Gasteiger partial charge in [-0.3, -0.25) is 4.79 Å². The van der Waals surface area contributed by atoms with E-state index in [4.69, 9.17) is 5.11 Å². The summed E-state index contributed by atoms with van der Waals surface area (Å²) < 4.78 is 0.693. The first-order chi connectivity index (χ1) is 8.58. The summed E-state index contributed by atoms with van der Waals surface area (Å²) in [5, 5.41) is 11.7. The third-order valence-electron chi connectivity index (χ3n) is 3.20. The minimum Gasteiger partial charge on any atom is -0.478 e. The molecule has 0 radical (unpaired) electrons. The molecule has 0 saturated heterocycles. The lowest BCUT2D eigenvalue weighted by Gasteiger charge is -2.12. The lowest BCUT2D eigenvalue weighted by atomic mass is 10.1. The topological polar surface area (TPSA) is 66.4 Å². The number of carboxylic acid groups (broad SMARTS) is 1. The normalized spacial score (nSPS) is 15.6. The molecule has 0 bridgehead atoms. The van der Waals surface area contributed by atoms with E-state index >= 15 is 0 Å². The van der Waals surface area contributed by atoms with E-state index in [-0.39, 0.29) is 17.4 Å². The molecule has 1 aliphatic carbocycles. The number of carbonyl (C=O) groups is 2. The maximum atomic E-state index is 12.0. The quantitative estimate of drug-likeness (QED) is 0.900. The van der Waals surface area contributed by atoms with Gasteiger partial charge in [-0.05, 0) is 47.0 Å². The van der Waals surface area contributed by atoms with Crippen molar-refractivity contribution in [1.82, 2.24) is 0 Å². The van der Waals surface area contributed by atoms with Crippen molar-refractivity contribution in [2.45, 2.75) is 25.7 Å². The van der Waals surface area contributed by atoms with Crippen LogP contribution in [0.5, 0.6) is 0 Å². The van der Waals surface area contributed by atoms with Crippen molar-refractivity contribution >= 4 is 33.5 Å². The van der Waals surface area contributed by atoms with Crippen molar-refractivity contribution in [3.05, 3.63) is 28.2 Å². The predicted octanol–water partition coefficient (Wildman–Crippen LogP) is 3.28. The van der Waals surface area contributed by atoms with E-state index in [0.29, 0.717) is 10.2 Å². The number of carbonyl (C=O) groups excluding carboxylic acids is 1. The van der Waals surface area contributed by atoms with Crippen molar-refractivity contribution in [1.29, 1.82) is 0 Å². The van der Waals surface area contributed by atoms with Crippen LogP contribution in [0, 0.1) is 5.92 Å². The zero-order chi connectivity index (χ0) is 13.1. The molecule has 1 aromatic rings. The molecule has 4 nitrogen and oxygen atoms in total. The van der Waals surface area contributed by atoms with Gasteiger partial charge in [0, 0.05) is 10.4 Å². The molecule has 18 heavy (non-hydrogen) atoms. The molecule has 1 fully saturated rings. The van der Waals surface area contributed by atoms with Crippen LogP contribution >= 0.6 is 15.9 Å². The Bertz CT molecular complexity index is 481. The molecule has 1 amide bonds. The lowest BCUT2D eigenvalue weighted by molar-refractivity contribution is -0.119. The Morgan fingerprint density at radius 1 is 1.28 bits per heavy atom. The summed E-state index contributed by atoms with van der Waals surface area (Å²) in [7, 11) is 0. The van der Waals surface area contributed by atoms with Gasteiger partial charge in [0.15, 0.2) is 0 Å². The van der Waals surface area contributed by atoms with E-state index in [0.717, 1.165) is 25.7 Å². The molecular weight excluding hydrogens is 298 g/mol. The van der Waals surface area contributed by atoms with Crippen molar-refractivity contribution in [2.75, 3.05) is 5.32 Å². The monoisotopic (exact) mass is 311 g/mol. The Morgan fingerprint density at radius 2 is 1.94 bits per heavy atom. The highest BCUT2D eigenvalue weighted by atomic mass is 79.9. The van der Waals surface area contributed by atoms with Crippen molar-refractivity contribution in [2.24, 2.45) is 5.92 Å². The van der Waals surface area contributed by atoms with Gasteiger partial charge in [0.25, 0.3) is 0 Å². The summed E-state index contributed by atoms with van der Waals surface area (Å²) >= 11 is 3.31. The maximum absolute atomic E-state index is 12.0. The van der Waals surface area contributed by atoms with Gasteiger partial charge in [-0.2, -0.15) is 0 Å². The van der Waals surface area contributed by atoms with Gasteiger partial charge in [0.1, 0.15) is 0 Å². The van der Waals surface area contributed by atoms with Crippen LogP contribution in [-0.2, 0) is 4.79 Å². The van der Waals surface area contributed by atoms with Gasteiger partial charge in [-0.25, -0.2) is 4.79 Å². The Morgan fingerprint density at radius 3 is 2.56 bits per heavy atom. The second kappa shape index (κ2) is 5.52. The number of anilines is 1. The number of hydrogen-bond donors (Lipinski definition) is 2. The molecule has 2 rings (SSSR count). The fraction of sp³-hybridized carbons (Fsp3) is 0.385. The van der Waals surface area contributed by atoms with E-state index in [1.165, 1.54) is 12.1 Å². The number of aromatic carboxylic acids is 1. The fourth-order valence-electron chi connectivity index (χ4n) is 2.18. The number of halogens is 1. The molecule has 96 valence electrons. The van der Waals surface area contributed by atoms with E-state index < -0.39 is 5.97 Å². The zero-order valence-electron chi connectivity index (χ0n) is 9.78. The molecule has 1 saturated carbocycles. The van der Waals surface area contributed by atoms with Crippen LogP contribution in [0.25, 0.3) is 0 Å². The van der Waals surface area contributed by atoms with Gasteiger partial charge in [-0.1, -0.05) is 12.8 Å². The molecule has 1 aliphatic rings. The van der Waals surface area contributed by atoms with Gasteiger partial charge in [0.2, 0.25) is 5.91 Å². The molecule has 0 aliphatic heterocycles. The fourth-order valence-corrected chi connectivity index (χ4v) is 2.52. The third-order valence-corrected chi connectivity index (χ3v) is 3.89. The van der Waals surface area contributed by atoms with Crippen LogP contribution in [0.1, 0.15) is 36.0 Å². The van der Waals surface area contributed by atoms with Gasteiger partial charge >= 0.3 is 5.97 Å². The number of benzene rings is 1. The first kappa shape index (κ1) is 13.1. The van der Waals surface area contributed by atoms with E-state index in [2.05, 4.69) is 21.2 Å². The summed E-state index contributed by atoms with van der Waals surface area (Å²) in [6, 6.07) is 4.60. The van der Waals surface area contributed by atoms with Crippen LogP contribution in [0.2, 0.25) is 0 Å². The summed E-state index contributed by atoms with van der Waals surface area (Å²) in [5.41, 5.74) is 0.687. The van der Waals surface area contributed by atoms with Crippen molar-refractivity contribution in [3.8, 4) is 0 Å². The first-order valence-electron chi connectivity index (χ1n) is 5.91. The van der Waals surface area contributed by atoms with Crippen molar-refractivity contribution in [3.63, 3.8) is 0 Å². The number of amides is 1. The Kier molecular flexibility index (Phi) is 4.01. The van der Waals surface area contributed by atoms with Crippen LogP contribution in [0.3, 0.4) is 0 Å². The molecule has 0 heterocycles. The average Bonchev–Trinajstić information content (AvgIpc) is 2.85. The summed E-state index contributed by atoms with van der Waals surface area (Å²) in [6.45, 7) is 0. The zero-order valence-corrected chi connectivity index (χ0v) is 11.4. The number of nitrogens with one attached hydrogen (secondary N) is 1. The molecule has 2 N–H and O–H groups in total. The molecule has 5 heteroatoms. The number of hydrogen-bond acceptors (Lipinski definition) is 2. The summed E-state index contributed by atoms with van der Waals surface area (Å²) in [6.07, 6.45) is 4.02. The molecular formula is C13H14BrNO3. The van der Waals surface area contributed by atoms with Crippen LogP contribution in [0.4, 0.5) is 5.69 Å². The molecule has 1 aromatic carbocycles. The SMILES string of the molecule is O=C(O)c1ccc(Br)c(NC(=O)C2CCCC2)c1. The minimum absolute atomic E-state index is 0.0178. The van der Waals surface area contributed by atoms with Crippen LogP contribution in [0.15, 0.2) is 22.7 Å². The predicted molar refractivity (Wildman–Crippen MR) is 71.7 cm³/mol. The molecule has 0 spiro atoms. The minimum atomic E-state index is -1.00. The largest absolute Gasteiger partial charge is 0.478 e. The first-order valence-corrected chi connectivity index (χ1v) is 6.71. The van der Waals surface area contributed by atoms with Gasteiger partial charge in [-0.15, -0.1) is 0 Å². The summed E-state index contributed by atoms with van der Waals surface area (Å²) in [5.74, 6) is -0.958. The standard InChI is InChI=1S/C13H14BrNO3/c14-10-6-5-9(13(17)18)7-11(10)15-12(16)8-3-1-2-4-8/h5-8H,1-4H2,(H,15,16)(H,17,18). The Balaban J connectivity index is 2.14.